The molecule has 3 N–H and O–H groups in total. The minimum absolute atomic E-state index is 0.242. The zero-order valence-electron chi connectivity index (χ0n) is 14.2. The molecule has 2 amide bonds. The van der Waals surface area contributed by atoms with Gasteiger partial charge in [0.25, 0.3) is 0 Å². The Labute approximate surface area is 134 Å². The van der Waals surface area contributed by atoms with Crippen LogP contribution in [-0.4, -0.2) is 50.3 Å². The molecule has 5 heteroatoms. The van der Waals surface area contributed by atoms with Crippen LogP contribution in [0.1, 0.15) is 51.4 Å². The Kier molecular flexibility index (Phi) is 6.96. The van der Waals surface area contributed by atoms with Gasteiger partial charge in [-0.2, -0.15) is 0 Å². The first kappa shape index (κ1) is 17.5. The Balaban J connectivity index is 1.95. The molecule has 2 rings (SSSR count). The Morgan fingerprint density at radius 3 is 2.59 bits per heavy atom. The van der Waals surface area contributed by atoms with E-state index in [0.29, 0.717) is 18.1 Å². The Bertz CT molecular complexity index is 343. The maximum absolute atomic E-state index is 11.8. The Hall–Kier alpha value is -0.810. The van der Waals surface area contributed by atoms with E-state index in [1.54, 1.807) is 0 Å². The molecule has 1 saturated carbocycles. The van der Waals surface area contributed by atoms with E-state index in [4.69, 9.17) is 10.5 Å². The highest BCUT2D eigenvalue weighted by Gasteiger charge is 2.33. The van der Waals surface area contributed by atoms with Crippen LogP contribution in [0.2, 0.25) is 0 Å². The molecule has 2 atom stereocenters. The molecule has 0 radical (unpaired) electrons. The summed E-state index contributed by atoms with van der Waals surface area (Å²) in [6.45, 7) is 1.80. The van der Waals surface area contributed by atoms with E-state index in [-0.39, 0.29) is 6.03 Å². The average molecular weight is 311 g/mol. The van der Waals surface area contributed by atoms with Crippen LogP contribution >= 0.6 is 0 Å². The number of piperidine rings is 1. The third-order valence-electron chi connectivity index (χ3n) is 5.61. The molecule has 128 valence electrons. The van der Waals surface area contributed by atoms with E-state index in [2.05, 4.69) is 5.32 Å². The summed E-state index contributed by atoms with van der Waals surface area (Å²) in [5, 5.41) is 3.33. The van der Waals surface area contributed by atoms with Gasteiger partial charge in [-0.25, -0.2) is 4.79 Å². The minimum atomic E-state index is -0.242. The molecular formula is C17H33N3O2. The molecule has 0 spiro atoms. The lowest BCUT2D eigenvalue weighted by molar-refractivity contribution is 0.0468. The number of nitrogens with zero attached hydrogens (tertiary/aromatic N) is 1. The first-order chi connectivity index (χ1) is 10.7. The zero-order valence-corrected chi connectivity index (χ0v) is 14.2. The van der Waals surface area contributed by atoms with Gasteiger partial charge in [0, 0.05) is 19.7 Å². The normalized spacial score (nSPS) is 31.0. The number of ether oxygens (including phenoxy) is 1. The van der Waals surface area contributed by atoms with Crippen LogP contribution in [0.3, 0.4) is 0 Å². The van der Waals surface area contributed by atoms with Crippen LogP contribution in [0.4, 0.5) is 4.79 Å². The van der Waals surface area contributed by atoms with Crippen molar-refractivity contribution < 1.29 is 9.53 Å². The van der Waals surface area contributed by atoms with Crippen LogP contribution in [-0.2, 0) is 4.74 Å². The van der Waals surface area contributed by atoms with E-state index < -0.39 is 0 Å². The SMILES string of the molecule is CNC[C@H](CC1CCC(OC)CC1)C1CCCCN1C(N)=O. The monoisotopic (exact) mass is 311 g/mol. The van der Waals surface area contributed by atoms with Crippen LogP contribution in [0, 0.1) is 11.8 Å². The van der Waals surface area contributed by atoms with E-state index in [9.17, 15) is 4.79 Å². The van der Waals surface area contributed by atoms with Crippen LogP contribution in [0.15, 0.2) is 0 Å². The van der Waals surface area contributed by atoms with E-state index in [1.807, 2.05) is 19.1 Å². The lowest BCUT2D eigenvalue weighted by atomic mass is 9.77. The van der Waals surface area contributed by atoms with Crippen molar-refractivity contribution in [2.75, 3.05) is 27.2 Å². The van der Waals surface area contributed by atoms with Crippen molar-refractivity contribution in [2.24, 2.45) is 17.6 Å². The number of carbonyl (C=O) groups excluding carboxylic acids is 1. The summed E-state index contributed by atoms with van der Waals surface area (Å²) in [5.74, 6) is 1.28. The highest BCUT2D eigenvalue weighted by Crippen LogP contribution is 2.34. The number of carbonyl (C=O) groups is 1. The van der Waals surface area contributed by atoms with Gasteiger partial charge in [-0.15, -0.1) is 0 Å². The fourth-order valence-electron chi connectivity index (χ4n) is 4.39. The topological polar surface area (TPSA) is 67.6 Å². The molecule has 5 nitrogen and oxygen atoms in total. The molecule has 0 aromatic heterocycles. The minimum Gasteiger partial charge on any atom is -0.381 e. The molecule has 2 aliphatic rings. The van der Waals surface area contributed by atoms with Gasteiger partial charge in [-0.3, -0.25) is 0 Å². The summed E-state index contributed by atoms with van der Waals surface area (Å²) in [7, 11) is 3.83. The van der Waals surface area contributed by atoms with Crippen molar-refractivity contribution in [3.05, 3.63) is 0 Å². The Morgan fingerprint density at radius 1 is 1.27 bits per heavy atom. The standard InChI is InChI=1S/C17H33N3O2/c1-19-12-14(11-13-6-8-15(22-2)9-7-13)16-5-3-4-10-20(16)17(18)21/h13-16,19H,3-12H2,1-2H3,(H2,18,21)/t13?,14-,15?,16?/m0/s1. The van der Waals surface area contributed by atoms with Crippen molar-refractivity contribution in [1.29, 1.82) is 0 Å². The number of likely N-dealkylation sites (tertiary alicyclic amines) is 1. The molecule has 2 fully saturated rings. The van der Waals surface area contributed by atoms with E-state index in [0.717, 1.165) is 31.8 Å². The number of nitrogens with two attached hydrogens (primary N) is 1. The van der Waals surface area contributed by atoms with Crippen LogP contribution in [0.5, 0.6) is 0 Å². The van der Waals surface area contributed by atoms with E-state index in [1.165, 1.54) is 38.5 Å². The van der Waals surface area contributed by atoms with Crippen molar-refractivity contribution in [1.82, 2.24) is 10.2 Å². The summed E-state index contributed by atoms with van der Waals surface area (Å²) in [5.41, 5.74) is 5.61. The maximum Gasteiger partial charge on any atom is 0.315 e. The molecule has 1 heterocycles. The molecule has 1 unspecified atom stereocenters. The molecule has 1 aliphatic heterocycles. The third-order valence-corrected chi connectivity index (χ3v) is 5.61. The molecule has 1 saturated heterocycles. The van der Waals surface area contributed by atoms with Gasteiger partial charge in [-0.05, 0) is 76.8 Å². The summed E-state index contributed by atoms with van der Waals surface area (Å²) in [6.07, 6.45) is 9.92. The van der Waals surface area contributed by atoms with Crippen molar-refractivity contribution in [2.45, 2.75) is 63.5 Å². The summed E-state index contributed by atoms with van der Waals surface area (Å²) >= 11 is 0. The molecule has 22 heavy (non-hydrogen) atoms. The van der Waals surface area contributed by atoms with Gasteiger partial charge in [0.1, 0.15) is 0 Å². The van der Waals surface area contributed by atoms with Gasteiger partial charge in [0.15, 0.2) is 0 Å². The fourth-order valence-corrected chi connectivity index (χ4v) is 4.39. The molecule has 0 bridgehead atoms. The summed E-state index contributed by atoms with van der Waals surface area (Å²) in [4.78, 5) is 13.7. The second-order valence-corrected chi connectivity index (χ2v) is 7.03. The third kappa shape index (κ3) is 4.59. The highest BCUT2D eigenvalue weighted by atomic mass is 16.5. The summed E-state index contributed by atoms with van der Waals surface area (Å²) in [6, 6.07) is 0.0766. The number of methoxy groups -OCH3 is 1. The van der Waals surface area contributed by atoms with Gasteiger partial charge >= 0.3 is 6.03 Å². The fraction of sp³-hybridized carbons (Fsp3) is 0.941. The van der Waals surface area contributed by atoms with Gasteiger partial charge in [0.05, 0.1) is 6.10 Å². The molecule has 0 aromatic carbocycles. The lowest BCUT2D eigenvalue weighted by Crippen LogP contribution is -2.52. The predicted octanol–water partition coefficient (Wildman–Crippen LogP) is 2.35. The number of urea groups is 1. The van der Waals surface area contributed by atoms with Gasteiger partial charge in [-0.1, -0.05) is 0 Å². The van der Waals surface area contributed by atoms with Crippen molar-refractivity contribution in [3.63, 3.8) is 0 Å². The number of hydrogen-bond donors (Lipinski definition) is 2. The van der Waals surface area contributed by atoms with Crippen molar-refractivity contribution in [3.8, 4) is 0 Å². The Morgan fingerprint density at radius 2 is 2.00 bits per heavy atom. The smallest absolute Gasteiger partial charge is 0.315 e. The number of primary amides is 1. The largest absolute Gasteiger partial charge is 0.381 e. The maximum atomic E-state index is 11.8. The van der Waals surface area contributed by atoms with E-state index >= 15 is 0 Å². The first-order valence-electron chi connectivity index (χ1n) is 8.89. The number of hydrogen-bond acceptors (Lipinski definition) is 3. The molecule has 1 aliphatic carbocycles. The zero-order chi connectivity index (χ0) is 15.9. The summed E-state index contributed by atoms with van der Waals surface area (Å²) < 4.78 is 5.48. The molecular weight excluding hydrogens is 278 g/mol. The lowest BCUT2D eigenvalue weighted by Gasteiger charge is -2.41. The van der Waals surface area contributed by atoms with Crippen LogP contribution < -0.4 is 11.1 Å². The number of nitrogens with one attached hydrogen (secondary N) is 1. The number of rotatable bonds is 6. The second-order valence-electron chi connectivity index (χ2n) is 7.03. The quantitative estimate of drug-likeness (QED) is 0.791. The average Bonchev–Trinajstić information content (AvgIpc) is 2.55. The van der Waals surface area contributed by atoms with Gasteiger partial charge in [0.2, 0.25) is 0 Å². The highest BCUT2D eigenvalue weighted by molar-refractivity contribution is 5.72. The predicted molar refractivity (Wildman–Crippen MR) is 88.7 cm³/mol. The number of amides is 2. The van der Waals surface area contributed by atoms with Crippen molar-refractivity contribution >= 4 is 6.03 Å². The second kappa shape index (κ2) is 8.73. The molecule has 0 aromatic rings. The van der Waals surface area contributed by atoms with Gasteiger partial charge < -0.3 is 20.7 Å². The van der Waals surface area contributed by atoms with Crippen LogP contribution in [0.25, 0.3) is 0 Å². The first-order valence-corrected chi connectivity index (χ1v) is 8.89.